The van der Waals surface area contributed by atoms with Crippen LogP contribution in [0.4, 0.5) is 0 Å². The van der Waals surface area contributed by atoms with Gasteiger partial charge in [-0.1, -0.05) is 6.07 Å². The first kappa shape index (κ1) is 18.7. The van der Waals surface area contributed by atoms with Gasteiger partial charge in [0.25, 0.3) is 0 Å². The van der Waals surface area contributed by atoms with Gasteiger partial charge in [0, 0.05) is 18.3 Å². The zero-order valence-corrected chi connectivity index (χ0v) is 15.6. The third kappa shape index (κ3) is 5.71. The van der Waals surface area contributed by atoms with Gasteiger partial charge in [0.05, 0.1) is 12.8 Å². The van der Waals surface area contributed by atoms with Crippen molar-refractivity contribution in [3.05, 3.63) is 53.9 Å². The smallest absolute Gasteiger partial charge is 0.130 e. The number of nitrogens with one attached hydrogen (secondary N) is 1. The van der Waals surface area contributed by atoms with Crippen molar-refractivity contribution in [1.82, 2.24) is 15.2 Å². The van der Waals surface area contributed by atoms with Gasteiger partial charge in [0.15, 0.2) is 0 Å². The van der Waals surface area contributed by atoms with Crippen LogP contribution in [0.1, 0.15) is 30.5 Å². The molecular formula is C21H29N3O2. The number of methoxy groups -OCH3 is 1. The molecule has 1 aromatic carbocycles. The van der Waals surface area contributed by atoms with E-state index in [-0.39, 0.29) is 0 Å². The van der Waals surface area contributed by atoms with Crippen molar-refractivity contribution in [3.8, 4) is 11.5 Å². The zero-order valence-electron chi connectivity index (χ0n) is 15.6. The molecular weight excluding hydrogens is 326 g/mol. The quantitative estimate of drug-likeness (QED) is 0.663. The zero-order chi connectivity index (χ0) is 18.0. The number of nitrogens with zero attached hydrogens (tertiary/aromatic N) is 2. The topological polar surface area (TPSA) is 46.6 Å². The molecule has 1 aromatic heterocycles. The van der Waals surface area contributed by atoms with E-state index >= 15 is 0 Å². The summed E-state index contributed by atoms with van der Waals surface area (Å²) < 4.78 is 11.4. The van der Waals surface area contributed by atoms with Crippen molar-refractivity contribution in [3.63, 3.8) is 0 Å². The summed E-state index contributed by atoms with van der Waals surface area (Å²) in [6.45, 7) is 5.97. The van der Waals surface area contributed by atoms with E-state index in [0.717, 1.165) is 35.8 Å². The number of aromatic nitrogens is 1. The Morgan fingerprint density at radius 3 is 2.81 bits per heavy atom. The molecule has 5 nitrogen and oxygen atoms in total. The number of likely N-dealkylation sites (tertiary alicyclic amines) is 1. The van der Waals surface area contributed by atoms with Crippen LogP contribution in [0.25, 0.3) is 0 Å². The van der Waals surface area contributed by atoms with E-state index in [1.807, 2.05) is 36.4 Å². The lowest BCUT2D eigenvalue weighted by atomic mass is 10.2. The summed E-state index contributed by atoms with van der Waals surface area (Å²) >= 11 is 0. The average Bonchev–Trinajstić information content (AvgIpc) is 3.21. The largest absolute Gasteiger partial charge is 0.497 e. The first-order chi connectivity index (χ1) is 12.8. The molecule has 0 unspecified atom stereocenters. The molecule has 1 fully saturated rings. The molecule has 2 heterocycles. The lowest BCUT2D eigenvalue weighted by molar-refractivity contribution is 0.296. The van der Waals surface area contributed by atoms with Crippen LogP contribution in [0.5, 0.6) is 11.5 Å². The predicted octanol–water partition coefficient (Wildman–Crippen LogP) is 3.24. The Bertz CT molecular complexity index is 658. The van der Waals surface area contributed by atoms with E-state index < -0.39 is 0 Å². The van der Waals surface area contributed by atoms with E-state index in [2.05, 4.69) is 15.2 Å². The Morgan fingerprint density at radius 2 is 2.04 bits per heavy atom. The second kappa shape index (κ2) is 10.1. The number of hydrogen-bond acceptors (Lipinski definition) is 5. The highest BCUT2D eigenvalue weighted by Gasteiger charge is 2.10. The minimum atomic E-state index is 0.467. The summed E-state index contributed by atoms with van der Waals surface area (Å²) in [6, 6.07) is 11.8. The van der Waals surface area contributed by atoms with E-state index in [1.54, 1.807) is 13.3 Å². The van der Waals surface area contributed by atoms with Gasteiger partial charge in [-0.3, -0.25) is 4.98 Å². The van der Waals surface area contributed by atoms with Crippen molar-refractivity contribution in [2.45, 2.75) is 32.4 Å². The fraction of sp³-hybridized carbons (Fsp3) is 0.476. The standard InChI is InChI=1S/C21H29N3O2/c1-25-20-8-9-21(26-17-19-7-2-3-11-23-19)18(15-20)16-22-10-6-14-24-12-4-5-13-24/h2-3,7-9,11,15,22H,4-6,10,12-14,16-17H2,1H3. The summed E-state index contributed by atoms with van der Waals surface area (Å²) in [5.74, 6) is 1.73. The number of benzene rings is 1. The Hall–Kier alpha value is -2.11. The second-order valence-corrected chi connectivity index (χ2v) is 6.66. The van der Waals surface area contributed by atoms with Crippen LogP contribution >= 0.6 is 0 Å². The summed E-state index contributed by atoms with van der Waals surface area (Å²) in [7, 11) is 1.69. The molecule has 1 N–H and O–H groups in total. The molecule has 0 atom stereocenters. The summed E-state index contributed by atoms with van der Waals surface area (Å²) in [5.41, 5.74) is 2.04. The van der Waals surface area contributed by atoms with Crippen LogP contribution in [-0.2, 0) is 13.2 Å². The van der Waals surface area contributed by atoms with Crippen molar-refractivity contribution in [1.29, 1.82) is 0 Å². The SMILES string of the molecule is COc1ccc(OCc2ccccn2)c(CNCCCN2CCCC2)c1. The highest BCUT2D eigenvalue weighted by Crippen LogP contribution is 2.25. The van der Waals surface area contributed by atoms with Crippen molar-refractivity contribution in [2.75, 3.05) is 33.3 Å². The average molecular weight is 355 g/mol. The predicted molar refractivity (Wildman–Crippen MR) is 104 cm³/mol. The molecule has 2 aromatic rings. The van der Waals surface area contributed by atoms with Gasteiger partial charge in [-0.25, -0.2) is 0 Å². The molecule has 0 bridgehead atoms. The molecule has 0 amide bonds. The van der Waals surface area contributed by atoms with Gasteiger partial charge in [0.2, 0.25) is 0 Å². The molecule has 1 saturated heterocycles. The minimum Gasteiger partial charge on any atom is -0.497 e. The minimum absolute atomic E-state index is 0.467. The van der Waals surface area contributed by atoms with E-state index in [9.17, 15) is 0 Å². The highest BCUT2D eigenvalue weighted by molar-refractivity contribution is 5.40. The maximum Gasteiger partial charge on any atom is 0.130 e. The van der Waals surface area contributed by atoms with E-state index in [4.69, 9.17) is 9.47 Å². The fourth-order valence-corrected chi connectivity index (χ4v) is 3.25. The highest BCUT2D eigenvalue weighted by atomic mass is 16.5. The fourth-order valence-electron chi connectivity index (χ4n) is 3.25. The van der Waals surface area contributed by atoms with Gasteiger partial charge in [-0.05, 0) is 75.8 Å². The van der Waals surface area contributed by atoms with E-state index in [0.29, 0.717) is 6.61 Å². The Balaban J connectivity index is 1.50. The molecule has 0 aliphatic carbocycles. The maximum atomic E-state index is 5.99. The van der Waals surface area contributed by atoms with Crippen molar-refractivity contribution < 1.29 is 9.47 Å². The third-order valence-electron chi connectivity index (χ3n) is 4.71. The van der Waals surface area contributed by atoms with Gasteiger partial charge in [-0.2, -0.15) is 0 Å². The van der Waals surface area contributed by atoms with Crippen LogP contribution in [-0.4, -0.2) is 43.2 Å². The molecule has 26 heavy (non-hydrogen) atoms. The summed E-state index contributed by atoms with van der Waals surface area (Å²) in [5, 5.41) is 3.54. The molecule has 0 saturated carbocycles. The Morgan fingerprint density at radius 1 is 1.15 bits per heavy atom. The van der Waals surface area contributed by atoms with Gasteiger partial charge in [-0.15, -0.1) is 0 Å². The number of rotatable bonds is 10. The lowest BCUT2D eigenvalue weighted by Crippen LogP contribution is -2.24. The molecule has 3 rings (SSSR count). The molecule has 140 valence electrons. The number of hydrogen-bond donors (Lipinski definition) is 1. The van der Waals surface area contributed by atoms with Crippen molar-refractivity contribution in [2.24, 2.45) is 0 Å². The van der Waals surface area contributed by atoms with Crippen LogP contribution in [0.3, 0.4) is 0 Å². The Labute approximate surface area is 156 Å². The molecule has 1 aliphatic rings. The van der Waals surface area contributed by atoms with Crippen LogP contribution < -0.4 is 14.8 Å². The molecule has 0 radical (unpaired) electrons. The van der Waals surface area contributed by atoms with Crippen LogP contribution in [0.2, 0.25) is 0 Å². The monoisotopic (exact) mass is 355 g/mol. The lowest BCUT2D eigenvalue weighted by Gasteiger charge is -2.16. The second-order valence-electron chi connectivity index (χ2n) is 6.66. The van der Waals surface area contributed by atoms with Gasteiger partial charge in [0.1, 0.15) is 18.1 Å². The van der Waals surface area contributed by atoms with Gasteiger partial charge < -0.3 is 19.7 Å². The van der Waals surface area contributed by atoms with Crippen LogP contribution in [0, 0.1) is 0 Å². The summed E-state index contributed by atoms with van der Waals surface area (Å²) in [4.78, 5) is 6.86. The molecule has 0 spiro atoms. The number of pyridine rings is 1. The third-order valence-corrected chi connectivity index (χ3v) is 4.71. The maximum absolute atomic E-state index is 5.99. The number of ether oxygens (including phenoxy) is 2. The van der Waals surface area contributed by atoms with Crippen LogP contribution in [0.15, 0.2) is 42.6 Å². The molecule has 1 aliphatic heterocycles. The Kier molecular flexibility index (Phi) is 7.28. The summed E-state index contributed by atoms with van der Waals surface area (Å²) in [6.07, 6.45) is 5.67. The first-order valence-corrected chi connectivity index (χ1v) is 9.48. The first-order valence-electron chi connectivity index (χ1n) is 9.48. The van der Waals surface area contributed by atoms with Crippen molar-refractivity contribution >= 4 is 0 Å². The molecule has 5 heteroatoms. The normalized spacial score (nSPS) is 14.5. The van der Waals surface area contributed by atoms with E-state index in [1.165, 1.54) is 38.9 Å². The van der Waals surface area contributed by atoms with Gasteiger partial charge >= 0.3 is 0 Å².